The fourth-order valence-electron chi connectivity index (χ4n) is 3.22. The summed E-state index contributed by atoms with van der Waals surface area (Å²) in [4.78, 5) is 13.9. The predicted octanol–water partition coefficient (Wildman–Crippen LogP) is 2.42. The number of ether oxygens (including phenoxy) is 1. The molecule has 0 saturated carbocycles. The second kappa shape index (κ2) is 5.74. The van der Waals surface area contributed by atoms with E-state index in [9.17, 15) is 9.90 Å². The van der Waals surface area contributed by atoms with E-state index in [1.165, 1.54) is 6.07 Å². The van der Waals surface area contributed by atoms with Crippen LogP contribution in [0.15, 0.2) is 27.4 Å². The number of fused-ring (bicyclic) bond motifs is 1. The third-order valence-corrected chi connectivity index (χ3v) is 4.07. The van der Waals surface area contributed by atoms with E-state index in [1.807, 2.05) is 20.8 Å². The standard InChI is InChI=1S/C17H21NO4/c1-10-6-16(20)22-17-13(10)4-5-15(19)14(17)9-18-7-11(2)21-12(3)8-18/h4-6,11-12,19H,7-9H2,1-3H3. The summed E-state index contributed by atoms with van der Waals surface area (Å²) in [5, 5.41) is 11.1. The number of aryl methyl sites for hydroxylation is 1. The van der Waals surface area contributed by atoms with Crippen molar-refractivity contribution in [2.75, 3.05) is 13.1 Å². The number of hydrogen-bond donors (Lipinski definition) is 1. The normalized spacial score (nSPS) is 23.0. The molecular formula is C17H21NO4. The number of phenolic OH excluding ortho intramolecular Hbond substituents is 1. The van der Waals surface area contributed by atoms with E-state index in [0.29, 0.717) is 17.7 Å². The molecule has 1 saturated heterocycles. The smallest absolute Gasteiger partial charge is 0.336 e. The summed E-state index contributed by atoms with van der Waals surface area (Å²) in [6, 6.07) is 4.93. The minimum Gasteiger partial charge on any atom is -0.507 e. The number of benzene rings is 1. The molecule has 2 unspecified atom stereocenters. The van der Waals surface area contributed by atoms with Crippen molar-refractivity contribution in [1.29, 1.82) is 0 Å². The van der Waals surface area contributed by atoms with Gasteiger partial charge in [0, 0.05) is 31.1 Å². The molecule has 2 heterocycles. The number of phenols is 1. The monoisotopic (exact) mass is 303 g/mol. The highest BCUT2D eigenvalue weighted by atomic mass is 16.5. The second-order valence-corrected chi connectivity index (χ2v) is 6.14. The first kappa shape index (κ1) is 15.1. The van der Waals surface area contributed by atoms with E-state index in [-0.39, 0.29) is 23.6 Å². The highest BCUT2D eigenvalue weighted by Crippen LogP contribution is 2.30. The van der Waals surface area contributed by atoms with Crippen LogP contribution in [0.2, 0.25) is 0 Å². The van der Waals surface area contributed by atoms with E-state index >= 15 is 0 Å². The molecule has 3 rings (SSSR count). The van der Waals surface area contributed by atoms with E-state index in [4.69, 9.17) is 9.15 Å². The Balaban J connectivity index is 2.02. The van der Waals surface area contributed by atoms with Crippen molar-refractivity contribution in [1.82, 2.24) is 4.90 Å². The Hall–Kier alpha value is -1.85. The van der Waals surface area contributed by atoms with Gasteiger partial charge in [0.2, 0.25) is 0 Å². The summed E-state index contributed by atoms with van der Waals surface area (Å²) < 4.78 is 11.1. The van der Waals surface area contributed by atoms with Gasteiger partial charge >= 0.3 is 5.63 Å². The first-order chi connectivity index (χ1) is 10.4. The molecule has 0 spiro atoms. The molecule has 1 N–H and O–H groups in total. The molecule has 1 aliphatic rings. The molecule has 1 aromatic heterocycles. The van der Waals surface area contributed by atoms with Crippen molar-refractivity contribution in [3.05, 3.63) is 39.7 Å². The second-order valence-electron chi connectivity index (χ2n) is 6.14. The molecule has 118 valence electrons. The largest absolute Gasteiger partial charge is 0.507 e. The quantitative estimate of drug-likeness (QED) is 0.863. The van der Waals surface area contributed by atoms with Gasteiger partial charge in [-0.2, -0.15) is 0 Å². The molecule has 1 aliphatic heterocycles. The van der Waals surface area contributed by atoms with Crippen LogP contribution in [0.25, 0.3) is 11.0 Å². The molecule has 5 heteroatoms. The first-order valence-corrected chi connectivity index (χ1v) is 7.57. The van der Waals surface area contributed by atoms with Gasteiger partial charge in [-0.3, -0.25) is 4.90 Å². The topological polar surface area (TPSA) is 62.9 Å². The van der Waals surface area contributed by atoms with Crippen molar-refractivity contribution >= 4 is 11.0 Å². The van der Waals surface area contributed by atoms with Gasteiger partial charge in [0.1, 0.15) is 11.3 Å². The summed E-state index contributed by atoms with van der Waals surface area (Å²) >= 11 is 0. The Labute approximate surface area is 129 Å². The number of morpholine rings is 1. The molecule has 2 aromatic rings. The molecule has 5 nitrogen and oxygen atoms in total. The van der Waals surface area contributed by atoms with Gasteiger partial charge < -0.3 is 14.3 Å². The van der Waals surface area contributed by atoms with E-state index in [2.05, 4.69) is 4.90 Å². The summed E-state index contributed by atoms with van der Waals surface area (Å²) in [5.41, 5.74) is 1.62. The minimum absolute atomic E-state index is 0.148. The van der Waals surface area contributed by atoms with Crippen LogP contribution in [0, 0.1) is 6.92 Å². The zero-order valence-corrected chi connectivity index (χ0v) is 13.1. The van der Waals surface area contributed by atoms with Crippen LogP contribution in [-0.2, 0) is 11.3 Å². The molecule has 0 aliphatic carbocycles. The highest BCUT2D eigenvalue weighted by Gasteiger charge is 2.24. The zero-order chi connectivity index (χ0) is 15.9. The number of hydrogen-bond acceptors (Lipinski definition) is 5. The Morgan fingerprint density at radius 3 is 2.64 bits per heavy atom. The van der Waals surface area contributed by atoms with Gasteiger partial charge in [0.15, 0.2) is 0 Å². The maximum Gasteiger partial charge on any atom is 0.336 e. The zero-order valence-electron chi connectivity index (χ0n) is 13.1. The Kier molecular flexibility index (Phi) is 3.93. The molecule has 1 aromatic carbocycles. The van der Waals surface area contributed by atoms with Crippen molar-refractivity contribution in [2.24, 2.45) is 0 Å². The van der Waals surface area contributed by atoms with Crippen LogP contribution in [0.5, 0.6) is 5.75 Å². The maximum absolute atomic E-state index is 11.7. The molecular weight excluding hydrogens is 282 g/mol. The van der Waals surface area contributed by atoms with Gasteiger partial charge in [-0.05, 0) is 38.5 Å². The average molecular weight is 303 g/mol. The predicted molar refractivity (Wildman–Crippen MR) is 84.2 cm³/mol. The van der Waals surface area contributed by atoms with Crippen LogP contribution in [0.3, 0.4) is 0 Å². The van der Waals surface area contributed by atoms with Gasteiger partial charge in [-0.1, -0.05) is 0 Å². The molecule has 0 radical (unpaired) electrons. The lowest BCUT2D eigenvalue weighted by molar-refractivity contribution is -0.0705. The SMILES string of the molecule is Cc1cc(=O)oc2c(CN3CC(C)OC(C)C3)c(O)ccc12. The lowest BCUT2D eigenvalue weighted by atomic mass is 10.1. The Bertz CT molecular complexity index is 742. The Morgan fingerprint density at radius 1 is 1.27 bits per heavy atom. The highest BCUT2D eigenvalue weighted by molar-refractivity contribution is 5.84. The molecule has 0 amide bonds. The summed E-state index contributed by atoms with van der Waals surface area (Å²) in [5.74, 6) is 0.160. The maximum atomic E-state index is 11.7. The van der Waals surface area contributed by atoms with Crippen LogP contribution in [0.1, 0.15) is 25.0 Å². The van der Waals surface area contributed by atoms with Crippen molar-refractivity contribution in [3.8, 4) is 5.75 Å². The van der Waals surface area contributed by atoms with Gasteiger partial charge in [0.25, 0.3) is 0 Å². The van der Waals surface area contributed by atoms with Crippen LogP contribution in [0.4, 0.5) is 0 Å². The van der Waals surface area contributed by atoms with E-state index < -0.39 is 0 Å². The summed E-state index contributed by atoms with van der Waals surface area (Å²) in [6.45, 7) is 8.06. The Morgan fingerprint density at radius 2 is 1.95 bits per heavy atom. The first-order valence-electron chi connectivity index (χ1n) is 7.57. The summed E-state index contributed by atoms with van der Waals surface area (Å²) in [6.07, 6.45) is 0.296. The molecule has 22 heavy (non-hydrogen) atoms. The minimum atomic E-state index is -0.388. The van der Waals surface area contributed by atoms with Crippen LogP contribution < -0.4 is 5.63 Å². The lowest BCUT2D eigenvalue weighted by Crippen LogP contribution is -2.44. The third-order valence-electron chi connectivity index (χ3n) is 4.07. The lowest BCUT2D eigenvalue weighted by Gasteiger charge is -2.35. The van der Waals surface area contributed by atoms with Crippen molar-refractivity contribution < 1.29 is 14.3 Å². The van der Waals surface area contributed by atoms with E-state index in [0.717, 1.165) is 24.0 Å². The third kappa shape index (κ3) is 2.87. The fraction of sp³-hybridized carbons (Fsp3) is 0.471. The van der Waals surface area contributed by atoms with Crippen LogP contribution >= 0.6 is 0 Å². The van der Waals surface area contributed by atoms with Gasteiger partial charge in [-0.15, -0.1) is 0 Å². The molecule has 1 fully saturated rings. The average Bonchev–Trinajstić information content (AvgIpc) is 2.41. The number of nitrogens with zero attached hydrogens (tertiary/aromatic N) is 1. The summed E-state index contributed by atoms with van der Waals surface area (Å²) in [7, 11) is 0. The number of rotatable bonds is 2. The van der Waals surface area contributed by atoms with Gasteiger partial charge in [0.05, 0.1) is 17.8 Å². The number of aromatic hydroxyl groups is 1. The van der Waals surface area contributed by atoms with Crippen LogP contribution in [-0.4, -0.2) is 35.3 Å². The van der Waals surface area contributed by atoms with Gasteiger partial charge in [-0.25, -0.2) is 4.79 Å². The molecule has 0 bridgehead atoms. The van der Waals surface area contributed by atoms with Crippen molar-refractivity contribution in [2.45, 2.75) is 39.5 Å². The van der Waals surface area contributed by atoms with E-state index in [1.54, 1.807) is 12.1 Å². The molecule has 2 atom stereocenters. The fourth-order valence-corrected chi connectivity index (χ4v) is 3.22. The van der Waals surface area contributed by atoms with Crippen molar-refractivity contribution in [3.63, 3.8) is 0 Å².